The molecule has 1 aromatic heterocycles. The number of nitrogens with zero attached hydrogens (tertiary/aromatic N) is 2. The molecule has 4 heteroatoms. The van der Waals surface area contributed by atoms with Crippen LogP contribution < -0.4 is 16.0 Å². The van der Waals surface area contributed by atoms with Crippen LogP contribution in [0.4, 0.5) is 11.5 Å². The first-order chi connectivity index (χ1) is 9.31. The highest BCUT2D eigenvalue weighted by atomic mass is 15.2. The van der Waals surface area contributed by atoms with Gasteiger partial charge in [0.05, 0.1) is 0 Å². The molecule has 3 rings (SSSR count). The fourth-order valence-corrected chi connectivity index (χ4v) is 3.17. The van der Waals surface area contributed by atoms with E-state index in [0.29, 0.717) is 12.1 Å². The third-order valence-corrected chi connectivity index (χ3v) is 4.29. The van der Waals surface area contributed by atoms with Crippen LogP contribution >= 0.6 is 0 Å². The van der Waals surface area contributed by atoms with Crippen LogP contribution in [0.5, 0.6) is 0 Å². The first kappa shape index (κ1) is 12.7. The molecular weight excluding hydrogens is 236 g/mol. The molecule has 1 saturated carbocycles. The van der Waals surface area contributed by atoms with E-state index in [1.54, 1.807) is 0 Å². The summed E-state index contributed by atoms with van der Waals surface area (Å²) in [7, 11) is 0. The minimum atomic E-state index is 0.322. The Kier molecular flexibility index (Phi) is 3.87. The molecule has 2 heterocycles. The molecule has 2 aliphatic rings. The number of hydrogen-bond acceptors (Lipinski definition) is 4. The molecule has 104 valence electrons. The van der Waals surface area contributed by atoms with E-state index in [0.717, 1.165) is 25.3 Å². The summed E-state index contributed by atoms with van der Waals surface area (Å²) in [5, 5.41) is 3.59. The summed E-state index contributed by atoms with van der Waals surface area (Å²) in [6.45, 7) is 2.03. The average Bonchev–Trinajstić information content (AvgIpc) is 2.87. The molecule has 1 aliphatic heterocycles. The normalized spacial score (nSPS) is 24.7. The maximum atomic E-state index is 5.98. The van der Waals surface area contributed by atoms with Crippen LogP contribution in [-0.4, -0.2) is 30.2 Å². The second kappa shape index (κ2) is 5.78. The lowest BCUT2D eigenvalue weighted by molar-refractivity contribution is 0.462. The highest BCUT2D eigenvalue weighted by Crippen LogP contribution is 2.24. The molecule has 0 bridgehead atoms. The second-order valence-corrected chi connectivity index (χ2v) is 5.87. The van der Waals surface area contributed by atoms with Crippen molar-refractivity contribution in [3.63, 3.8) is 0 Å². The molecule has 0 radical (unpaired) electrons. The van der Waals surface area contributed by atoms with Crippen molar-refractivity contribution >= 4 is 11.5 Å². The monoisotopic (exact) mass is 260 g/mol. The van der Waals surface area contributed by atoms with Gasteiger partial charge in [0.1, 0.15) is 5.82 Å². The van der Waals surface area contributed by atoms with E-state index in [1.807, 2.05) is 6.20 Å². The number of nitrogens with two attached hydrogens (primary N) is 1. The Morgan fingerprint density at radius 2 is 2.05 bits per heavy atom. The topological polar surface area (TPSA) is 54.2 Å². The fourth-order valence-electron chi connectivity index (χ4n) is 3.17. The summed E-state index contributed by atoms with van der Waals surface area (Å²) in [6.07, 6.45) is 9.63. The van der Waals surface area contributed by atoms with Crippen LogP contribution in [-0.2, 0) is 0 Å². The summed E-state index contributed by atoms with van der Waals surface area (Å²) in [5.41, 5.74) is 7.23. The summed E-state index contributed by atoms with van der Waals surface area (Å²) < 4.78 is 0. The number of pyridine rings is 1. The molecule has 2 fully saturated rings. The maximum Gasteiger partial charge on any atom is 0.128 e. The SMILES string of the molecule is NC1CCN(c2ccnc(NC3CCCCC3)c2)C1. The maximum absolute atomic E-state index is 5.98. The van der Waals surface area contributed by atoms with Gasteiger partial charge < -0.3 is 16.0 Å². The summed E-state index contributed by atoms with van der Waals surface area (Å²) in [4.78, 5) is 6.81. The van der Waals surface area contributed by atoms with Gasteiger partial charge in [-0.1, -0.05) is 19.3 Å². The number of rotatable bonds is 3. The number of nitrogens with one attached hydrogen (secondary N) is 1. The van der Waals surface area contributed by atoms with Crippen LogP contribution in [0.25, 0.3) is 0 Å². The first-order valence-corrected chi connectivity index (χ1v) is 7.54. The molecule has 1 aliphatic carbocycles. The zero-order valence-corrected chi connectivity index (χ0v) is 11.5. The summed E-state index contributed by atoms with van der Waals surface area (Å²) >= 11 is 0. The molecule has 1 atom stereocenters. The lowest BCUT2D eigenvalue weighted by Gasteiger charge is -2.24. The van der Waals surface area contributed by atoms with Crippen molar-refractivity contribution < 1.29 is 0 Å². The van der Waals surface area contributed by atoms with E-state index >= 15 is 0 Å². The third kappa shape index (κ3) is 3.18. The van der Waals surface area contributed by atoms with Crippen LogP contribution in [0.15, 0.2) is 18.3 Å². The predicted octanol–water partition coefficient (Wildman–Crippen LogP) is 2.36. The van der Waals surface area contributed by atoms with Crippen molar-refractivity contribution in [3.8, 4) is 0 Å². The van der Waals surface area contributed by atoms with Gasteiger partial charge in [0.15, 0.2) is 0 Å². The molecule has 19 heavy (non-hydrogen) atoms. The van der Waals surface area contributed by atoms with Crippen molar-refractivity contribution in [1.29, 1.82) is 0 Å². The van der Waals surface area contributed by atoms with Gasteiger partial charge in [0.25, 0.3) is 0 Å². The lowest BCUT2D eigenvalue weighted by atomic mass is 9.95. The zero-order chi connectivity index (χ0) is 13.1. The smallest absolute Gasteiger partial charge is 0.128 e. The minimum Gasteiger partial charge on any atom is -0.370 e. The Bertz CT molecular complexity index is 414. The van der Waals surface area contributed by atoms with Gasteiger partial charge in [-0.25, -0.2) is 4.98 Å². The second-order valence-electron chi connectivity index (χ2n) is 5.87. The first-order valence-electron chi connectivity index (χ1n) is 7.54. The van der Waals surface area contributed by atoms with Gasteiger partial charge >= 0.3 is 0 Å². The van der Waals surface area contributed by atoms with Gasteiger partial charge in [-0.3, -0.25) is 0 Å². The summed E-state index contributed by atoms with van der Waals surface area (Å²) in [6, 6.07) is 5.19. The van der Waals surface area contributed by atoms with Crippen LogP contribution in [0, 0.1) is 0 Å². The molecular formula is C15H24N4. The quantitative estimate of drug-likeness (QED) is 0.876. The van der Waals surface area contributed by atoms with Gasteiger partial charge in [-0.05, 0) is 25.3 Å². The van der Waals surface area contributed by atoms with Gasteiger partial charge in [0, 0.05) is 43.1 Å². The lowest BCUT2D eigenvalue weighted by Crippen LogP contribution is -2.26. The largest absolute Gasteiger partial charge is 0.370 e. The molecule has 1 saturated heterocycles. The molecule has 1 unspecified atom stereocenters. The number of aromatic nitrogens is 1. The summed E-state index contributed by atoms with van der Waals surface area (Å²) in [5.74, 6) is 1.02. The fraction of sp³-hybridized carbons (Fsp3) is 0.667. The standard InChI is InChI=1S/C15H24N4/c16-12-7-9-19(11-12)14-6-8-17-15(10-14)18-13-4-2-1-3-5-13/h6,8,10,12-13H,1-5,7,9,11,16H2,(H,17,18). The Balaban J connectivity index is 1.65. The van der Waals surface area contributed by atoms with E-state index in [-0.39, 0.29) is 0 Å². The molecule has 1 aromatic rings. The Morgan fingerprint density at radius 3 is 2.79 bits per heavy atom. The van der Waals surface area contributed by atoms with Crippen molar-refractivity contribution in [3.05, 3.63) is 18.3 Å². The van der Waals surface area contributed by atoms with Crippen LogP contribution in [0.2, 0.25) is 0 Å². The zero-order valence-electron chi connectivity index (χ0n) is 11.5. The van der Waals surface area contributed by atoms with E-state index in [9.17, 15) is 0 Å². The van der Waals surface area contributed by atoms with Crippen LogP contribution in [0.3, 0.4) is 0 Å². The van der Waals surface area contributed by atoms with E-state index in [2.05, 4.69) is 27.3 Å². The molecule has 0 aromatic carbocycles. The van der Waals surface area contributed by atoms with Gasteiger partial charge in [0.2, 0.25) is 0 Å². The Labute approximate surface area is 115 Å². The van der Waals surface area contributed by atoms with E-state index in [1.165, 1.54) is 37.8 Å². The number of anilines is 2. The van der Waals surface area contributed by atoms with E-state index < -0.39 is 0 Å². The molecule has 4 nitrogen and oxygen atoms in total. The van der Waals surface area contributed by atoms with Crippen molar-refractivity contribution in [2.75, 3.05) is 23.3 Å². The molecule has 3 N–H and O–H groups in total. The third-order valence-electron chi connectivity index (χ3n) is 4.29. The minimum absolute atomic E-state index is 0.322. The van der Waals surface area contributed by atoms with Gasteiger partial charge in [-0.15, -0.1) is 0 Å². The van der Waals surface area contributed by atoms with Crippen LogP contribution in [0.1, 0.15) is 38.5 Å². The van der Waals surface area contributed by atoms with Crippen molar-refractivity contribution in [2.45, 2.75) is 50.6 Å². The molecule has 0 spiro atoms. The molecule has 0 amide bonds. The Morgan fingerprint density at radius 1 is 1.21 bits per heavy atom. The number of hydrogen-bond donors (Lipinski definition) is 2. The van der Waals surface area contributed by atoms with Gasteiger partial charge in [-0.2, -0.15) is 0 Å². The highest BCUT2D eigenvalue weighted by molar-refractivity contribution is 5.55. The predicted molar refractivity (Wildman–Crippen MR) is 79.5 cm³/mol. The van der Waals surface area contributed by atoms with Crippen molar-refractivity contribution in [2.24, 2.45) is 5.73 Å². The Hall–Kier alpha value is -1.29. The average molecular weight is 260 g/mol. The van der Waals surface area contributed by atoms with Crippen molar-refractivity contribution in [1.82, 2.24) is 4.98 Å². The highest BCUT2D eigenvalue weighted by Gasteiger charge is 2.20. The van der Waals surface area contributed by atoms with E-state index in [4.69, 9.17) is 5.73 Å².